The summed E-state index contributed by atoms with van der Waals surface area (Å²) in [4.78, 5) is 31.7. The number of aromatic carboxylic acids is 1. The molecule has 8 heteroatoms. The van der Waals surface area contributed by atoms with Crippen molar-refractivity contribution in [2.75, 3.05) is 10.6 Å². The molecule has 4 aromatic rings. The molecule has 1 saturated carbocycles. The first-order chi connectivity index (χ1) is 18.2. The Morgan fingerprint density at radius 3 is 2.37 bits per heavy atom. The van der Waals surface area contributed by atoms with Crippen molar-refractivity contribution in [3.63, 3.8) is 0 Å². The van der Waals surface area contributed by atoms with Crippen LogP contribution in [-0.2, 0) is 4.79 Å². The van der Waals surface area contributed by atoms with E-state index in [0.29, 0.717) is 17.3 Å². The van der Waals surface area contributed by atoms with Crippen LogP contribution in [-0.4, -0.2) is 37.8 Å². The molecule has 0 spiro atoms. The minimum atomic E-state index is -1.11. The van der Waals surface area contributed by atoms with E-state index in [4.69, 9.17) is 5.73 Å². The number of nitrogen functional groups attached to an aromatic ring is 1. The van der Waals surface area contributed by atoms with Gasteiger partial charge in [-0.2, -0.15) is 0 Å². The molecule has 2 aromatic carbocycles. The number of carbonyl (C=O) groups excluding carboxylic acids is 1. The highest BCUT2D eigenvalue weighted by Gasteiger charge is 2.34. The Hall–Kier alpha value is -4.20. The molecule has 0 saturated heterocycles. The number of hydrogen-bond donors (Lipinski definition) is 2. The Balaban J connectivity index is 1.46. The topological polar surface area (TPSA) is 114 Å². The largest absolute Gasteiger partial charge is 0.477 e. The summed E-state index contributed by atoms with van der Waals surface area (Å²) in [5.74, 6) is -0.448. The maximum absolute atomic E-state index is 13.6. The number of pyridine rings is 1. The first-order valence-corrected chi connectivity index (χ1v) is 13.1. The molecule has 5 rings (SSSR count). The summed E-state index contributed by atoms with van der Waals surface area (Å²) in [6.07, 6.45) is 6.85. The summed E-state index contributed by atoms with van der Waals surface area (Å²) in [7, 11) is 0. The first kappa shape index (κ1) is 25.4. The van der Waals surface area contributed by atoms with E-state index in [0.717, 1.165) is 47.7 Å². The van der Waals surface area contributed by atoms with Gasteiger partial charge >= 0.3 is 5.97 Å². The van der Waals surface area contributed by atoms with Gasteiger partial charge in [0.1, 0.15) is 5.56 Å². The summed E-state index contributed by atoms with van der Waals surface area (Å²) in [5.41, 5.74) is 10.3. The van der Waals surface area contributed by atoms with Gasteiger partial charge in [-0.15, -0.1) is 5.10 Å². The van der Waals surface area contributed by atoms with E-state index in [1.807, 2.05) is 56.3 Å². The zero-order valence-corrected chi connectivity index (χ0v) is 22.0. The summed E-state index contributed by atoms with van der Waals surface area (Å²) >= 11 is 0. The van der Waals surface area contributed by atoms with Gasteiger partial charge in [-0.1, -0.05) is 25.1 Å². The number of amides is 1. The highest BCUT2D eigenvalue weighted by molar-refractivity contribution is 6.02. The van der Waals surface area contributed by atoms with Gasteiger partial charge in [0.05, 0.1) is 11.2 Å². The average Bonchev–Trinajstić information content (AvgIpc) is 3.34. The van der Waals surface area contributed by atoms with Crippen LogP contribution in [0.1, 0.15) is 56.8 Å². The number of carbonyl (C=O) groups is 2. The lowest BCUT2D eigenvalue weighted by Crippen LogP contribution is -2.43. The Morgan fingerprint density at radius 1 is 1.03 bits per heavy atom. The van der Waals surface area contributed by atoms with Crippen LogP contribution in [0.2, 0.25) is 0 Å². The predicted molar refractivity (Wildman–Crippen MR) is 149 cm³/mol. The quantitative estimate of drug-likeness (QED) is 0.331. The van der Waals surface area contributed by atoms with Gasteiger partial charge in [0.15, 0.2) is 5.82 Å². The second-order valence-corrected chi connectivity index (χ2v) is 10.6. The summed E-state index contributed by atoms with van der Waals surface area (Å²) < 4.78 is 1.54. The fraction of sp³-hybridized carbons (Fsp3) is 0.333. The summed E-state index contributed by atoms with van der Waals surface area (Å²) in [6, 6.07) is 15.2. The van der Waals surface area contributed by atoms with Gasteiger partial charge in [0.25, 0.3) is 0 Å². The van der Waals surface area contributed by atoms with E-state index in [-0.39, 0.29) is 29.2 Å². The number of aromatic nitrogens is 3. The van der Waals surface area contributed by atoms with Gasteiger partial charge in [-0.25, -0.2) is 9.48 Å². The van der Waals surface area contributed by atoms with Gasteiger partial charge in [-0.3, -0.25) is 14.7 Å². The summed E-state index contributed by atoms with van der Waals surface area (Å²) in [5, 5.41) is 15.5. The van der Waals surface area contributed by atoms with Crippen LogP contribution in [0.25, 0.3) is 27.7 Å². The molecule has 0 atom stereocenters. The SMILES string of the molecule is CC(C)N(c1nn(-c2ccc(-c3ccc4nccc(N)c4c3)cc2)cc1C(=O)O)C(=O)[C@H]1CC[C@H](C)CC1. The molecule has 2 aromatic heterocycles. The van der Waals surface area contributed by atoms with Crippen molar-refractivity contribution in [1.82, 2.24) is 14.8 Å². The third-order valence-electron chi connectivity index (χ3n) is 7.51. The molecule has 1 fully saturated rings. The minimum absolute atomic E-state index is 0.0119. The number of benzene rings is 2. The minimum Gasteiger partial charge on any atom is -0.477 e. The normalized spacial score (nSPS) is 17.6. The van der Waals surface area contributed by atoms with E-state index < -0.39 is 5.97 Å². The molecule has 196 valence electrons. The Bertz CT molecular complexity index is 1480. The molecule has 0 aliphatic heterocycles. The molecule has 1 amide bonds. The smallest absolute Gasteiger partial charge is 0.341 e. The van der Waals surface area contributed by atoms with Crippen molar-refractivity contribution in [3.8, 4) is 16.8 Å². The molecule has 1 aliphatic rings. The molecule has 2 heterocycles. The van der Waals surface area contributed by atoms with Crippen molar-refractivity contribution < 1.29 is 14.7 Å². The van der Waals surface area contributed by atoms with Crippen molar-refractivity contribution in [1.29, 1.82) is 0 Å². The van der Waals surface area contributed by atoms with Crippen LogP contribution in [0.5, 0.6) is 0 Å². The van der Waals surface area contributed by atoms with E-state index >= 15 is 0 Å². The third kappa shape index (κ3) is 4.86. The average molecular weight is 512 g/mol. The third-order valence-corrected chi connectivity index (χ3v) is 7.51. The van der Waals surface area contributed by atoms with Crippen LogP contribution in [0.15, 0.2) is 60.9 Å². The molecule has 1 aliphatic carbocycles. The Labute approximate surface area is 222 Å². The maximum atomic E-state index is 13.6. The molecule has 0 radical (unpaired) electrons. The van der Waals surface area contributed by atoms with Gasteiger partial charge in [0, 0.05) is 35.4 Å². The van der Waals surface area contributed by atoms with Gasteiger partial charge in [-0.05, 0) is 86.9 Å². The van der Waals surface area contributed by atoms with Gasteiger partial charge < -0.3 is 10.8 Å². The lowest BCUT2D eigenvalue weighted by atomic mass is 9.82. The molecular weight excluding hydrogens is 478 g/mol. The monoisotopic (exact) mass is 511 g/mol. The van der Waals surface area contributed by atoms with Crippen molar-refractivity contribution in [2.45, 2.75) is 52.5 Å². The Morgan fingerprint density at radius 2 is 1.71 bits per heavy atom. The molecule has 8 nitrogen and oxygen atoms in total. The lowest BCUT2D eigenvalue weighted by Gasteiger charge is -2.32. The number of anilines is 2. The second kappa shape index (κ2) is 10.3. The number of carboxylic acids is 1. The van der Waals surface area contributed by atoms with E-state index in [9.17, 15) is 14.7 Å². The number of rotatable bonds is 6. The number of carboxylic acid groups (broad SMARTS) is 1. The van der Waals surface area contributed by atoms with E-state index in [1.54, 1.807) is 17.2 Å². The zero-order valence-electron chi connectivity index (χ0n) is 22.0. The van der Waals surface area contributed by atoms with Crippen molar-refractivity contribution in [2.24, 2.45) is 11.8 Å². The fourth-order valence-electron chi connectivity index (χ4n) is 5.29. The van der Waals surface area contributed by atoms with Crippen LogP contribution in [0, 0.1) is 11.8 Å². The highest BCUT2D eigenvalue weighted by atomic mass is 16.4. The number of fused-ring (bicyclic) bond motifs is 1. The number of hydrogen-bond acceptors (Lipinski definition) is 5. The molecular formula is C30H33N5O3. The standard InChI is InChI=1S/C30H33N5O3/c1-18(2)35(29(36)21-6-4-19(3)5-7-21)28-25(30(37)38)17-34(33-28)23-11-8-20(9-12-23)22-10-13-27-24(16-22)26(31)14-15-32-27/h8-19,21H,4-7H2,1-3H3,(H2,31,32)(H,37,38)/t19-,21-. The second-order valence-electron chi connectivity index (χ2n) is 10.6. The van der Waals surface area contributed by atoms with Gasteiger partial charge in [0.2, 0.25) is 5.91 Å². The van der Waals surface area contributed by atoms with Crippen LogP contribution >= 0.6 is 0 Å². The van der Waals surface area contributed by atoms with Crippen LogP contribution in [0.3, 0.4) is 0 Å². The number of nitrogens with zero attached hydrogens (tertiary/aromatic N) is 4. The predicted octanol–water partition coefficient (Wildman–Crippen LogP) is 5.94. The lowest BCUT2D eigenvalue weighted by molar-refractivity contribution is -0.124. The first-order valence-electron chi connectivity index (χ1n) is 13.1. The summed E-state index contributed by atoms with van der Waals surface area (Å²) in [6.45, 7) is 6.01. The maximum Gasteiger partial charge on any atom is 0.341 e. The molecule has 38 heavy (non-hydrogen) atoms. The van der Waals surface area contributed by atoms with E-state index in [2.05, 4.69) is 17.0 Å². The van der Waals surface area contributed by atoms with Crippen molar-refractivity contribution in [3.05, 3.63) is 66.5 Å². The molecule has 0 unspecified atom stereocenters. The van der Waals surface area contributed by atoms with Crippen molar-refractivity contribution >= 4 is 34.3 Å². The van der Waals surface area contributed by atoms with Crippen LogP contribution in [0.4, 0.5) is 11.5 Å². The van der Waals surface area contributed by atoms with Crippen LogP contribution < -0.4 is 10.6 Å². The fourth-order valence-corrected chi connectivity index (χ4v) is 5.29. The number of nitrogens with two attached hydrogens (primary N) is 1. The molecule has 0 bridgehead atoms. The highest BCUT2D eigenvalue weighted by Crippen LogP contribution is 2.33. The Kier molecular flexibility index (Phi) is 6.89. The molecule has 3 N–H and O–H groups in total. The van der Waals surface area contributed by atoms with E-state index in [1.165, 1.54) is 10.9 Å². The zero-order chi connectivity index (χ0) is 27.0.